The minimum Gasteiger partial charge on any atom is -0.466 e. The number of ether oxygens (including phenoxy) is 1. The van der Waals surface area contributed by atoms with Crippen molar-refractivity contribution in [1.82, 2.24) is 0 Å². The first-order chi connectivity index (χ1) is 6.81. The van der Waals surface area contributed by atoms with Crippen LogP contribution in [0.3, 0.4) is 0 Å². The van der Waals surface area contributed by atoms with Gasteiger partial charge in [0.05, 0.1) is 6.61 Å². The predicted octanol–water partition coefficient (Wildman–Crippen LogP) is 2.87. The third kappa shape index (κ3) is 13.4. The van der Waals surface area contributed by atoms with Crippen molar-refractivity contribution in [3.05, 3.63) is 0 Å². The molecule has 0 aromatic carbocycles. The molecule has 0 atom stereocenters. The number of esters is 1. The molecule has 0 heterocycles. The van der Waals surface area contributed by atoms with Crippen LogP contribution < -0.4 is 0 Å². The Morgan fingerprint density at radius 1 is 0.933 bits per heavy atom. The number of carbonyl (C=O) groups is 1. The van der Waals surface area contributed by atoms with Gasteiger partial charge in [0.1, 0.15) is 0 Å². The second kappa shape index (κ2) is 13.4. The minimum absolute atomic E-state index is 0. The normalized spacial score (nSPS) is 9.47. The summed E-state index contributed by atoms with van der Waals surface area (Å²) in [6.45, 7) is 4.58. The van der Waals surface area contributed by atoms with Crippen molar-refractivity contribution in [2.45, 2.75) is 65.2 Å². The molecule has 92 valence electrons. The number of carbonyl (C=O) groups excluding carboxylic acids is 1. The van der Waals surface area contributed by atoms with Crippen molar-refractivity contribution >= 4 is 5.97 Å². The molecule has 0 aliphatic heterocycles. The summed E-state index contributed by atoms with van der Waals surface area (Å²) in [5.41, 5.74) is 0. The quantitative estimate of drug-likeness (QED) is 0.441. The van der Waals surface area contributed by atoms with E-state index in [0.717, 1.165) is 6.42 Å². The molecule has 0 bridgehead atoms. The molecule has 0 saturated heterocycles. The molecule has 3 nitrogen and oxygen atoms in total. The molecule has 0 aromatic heterocycles. The van der Waals surface area contributed by atoms with Crippen molar-refractivity contribution in [2.75, 3.05) is 6.61 Å². The molecule has 0 unspecified atom stereocenters. The van der Waals surface area contributed by atoms with Gasteiger partial charge in [-0.15, -0.1) is 0 Å². The maximum Gasteiger partial charge on any atom is 0.305 e. The van der Waals surface area contributed by atoms with E-state index < -0.39 is 0 Å². The lowest BCUT2D eigenvalue weighted by atomic mass is 10.1. The summed E-state index contributed by atoms with van der Waals surface area (Å²) in [7, 11) is 0. The van der Waals surface area contributed by atoms with Crippen molar-refractivity contribution in [2.24, 2.45) is 0 Å². The SMILES string of the molecule is CCCCCCCCCC(=O)OCC.O. The lowest BCUT2D eigenvalue weighted by Crippen LogP contribution is -2.03. The Morgan fingerprint density at radius 3 is 2.00 bits per heavy atom. The van der Waals surface area contributed by atoms with Gasteiger partial charge in [-0.2, -0.15) is 0 Å². The van der Waals surface area contributed by atoms with E-state index in [2.05, 4.69) is 6.92 Å². The van der Waals surface area contributed by atoms with Crippen molar-refractivity contribution in [3.63, 3.8) is 0 Å². The Bertz CT molecular complexity index is 135. The van der Waals surface area contributed by atoms with Crippen LogP contribution in [0.25, 0.3) is 0 Å². The molecule has 15 heavy (non-hydrogen) atoms. The Morgan fingerprint density at radius 2 is 1.47 bits per heavy atom. The third-order valence-corrected chi connectivity index (χ3v) is 2.29. The first-order valence-corrected chi connectivity index (χ1v) is 5.96. The van der Waals surface area contributed by atoms with Gasteiger partial charge in [0.25, 0.3) is 0 Å². The van der Waals surface area contributed by atoms with E-state index in [0.29, 0.717) is 13.0 Å². The summed E-state index contributed by atoms with van der Waals surface area (Å²) in [6, 6.07) is 0. The predicted molar refractivity (Wildman–Crippen MR) is 62.9 cm³/mol. The maximum atomic E-state index is 11.0. The van der Waals surface area contributed by atoms with Gasteiger partial charge in [-0.05, 0) is 13.3 Å². The molecular formula is C12H26O3. The van der Waals surface area contributed by atoms with E-state index in [9.17, 15) is 4.79 Å². The zero-order valence-electron chi connectivity index (χ0n) is 10.2. The largest absolute Gasteiger partial charge is 0.466 e. The monoisotopic (exact) mass is 218 g/mol. The fourth-order valence-electron chi connectivity index (χ4n) is 1.46. The van der Waals surface area contributed by atoms with Crippen molar-refractivity contribution in [3.8, 4) is 0 Å². The maximum absolute atomic E-state index is 11.0. The summed E-state index contributed by atoms with van der Waals surface area (Å²) in [5.74, 6) is -0.0407. The second-order valence-corrected chi connectivity index (χ2v) is 3.68. The van der Waals surface area contributed by atoms with Gasteiger partial charge in [0.15, 0.2) is 0 Å². The highest BCUT2D eigenvalue weighted by molar-refractivity contribution is 5.69. The molecular weight excluding hydrogens is 192 g/mol. The van der Waals surface area contributed by atoms with Crippen LogP contribution >= 0.6 is 0 Å². The Balaban J connectivity index is 0. The van der Waals surface area contributed by atoms with Gasteiger partial charge >= 0.3 is 5.97 Å². The summed E-state index contributed by atoms with van der Waals surface area (Å²) >= 11 is 0. The van der Waals surface area contributed by atoms with Crippen LogP contribution in [0.5, 0.6) is 0 Å². The van der Waals surface area contributed by atoms with Crippen molar-refractivity contribution in [1.29, 1.82) is 0 Å². The average Bonchev–Trinajstić information content (AvgIpc) is 2.17. The fourth-order valence-corrected chi connectivity index (χ4v) is 1.46. The average molecular weight is 218 g/mol. The number of unbranched alkanes of at least 4 members (excludes halogenated alkanes) is 6. The van der Waals surface area contributed by atoms with Gasteiger partial charge in [0.2, 0.25) is 0 Å². The van der Waals surface area contributed by atoms with Crippen LogP contribution in [0.4, 0.5) is 0 Å². The van der Waals surface area contributed by atoms with Gasteiger partial charge in [-0.1, -0.05) is 45.4 Å². The number of hydrogen-bond donors (Lipinski definition) is 0. The molecule has 0 aromatic rings. The standard InChI is InChI=1S/C12H24O2.H2O/c1-3-5-6-7-8-9-10-11-12(13)14-4-2;/h3-11H2,1-2H3;1H2. The van der Waals surface area contributed by atoms with E-state index in [1.807, 2.05) is 6.92 Å². The van der Waals surface area contributed by atoms with Gasteiger partial charge in [0, 0.05) is 6.42 Å². The van der Waals surface area contributed by atoms with E-state index >= 15 is 0 Å². The van der Waals surface area contributed by atoms with Crippen LogP contribution in [0.2, 0.25) is 0 Å². The molecule has 0 fully saturated rings. The smallest absolute Gasteiger partial charge is 0.305 e. The lowest BCUT2D eigenvalue weighted by Gasteiger charge is -2.01. The molecule has 0 radical (unpaired) electrons. The molecule has 0 saturated carbocycles. The molecule has 0 rings (SSSR count). The van der Waals surface area contributed by atoms with Crippen LogP contribution in [0.1, 0.15) is 65.2 Å². The highest BCUT2D eigenvalue weighted by atomic mass is 16.5. The van der Waals surface area contributed by atoms with Crippen LogP contribution in [0.15, 0.2) is 0 Å². The summed E-state index contributed by atoms with van der Waals surface area (Å²) in [5, 5.41) is 0. The van der Waals surface area contributed by atoms with E-state index in [4.69, 9.17) is 4.74 Å². The molecule has 0 aliphatic carbocycles. The van der Waals surface area contributed by atoms with Crippen molar-refractivity contribution < 1.29 is 15.0 Å². The zero-order chi connectivity index (χ0) is 10.6. The summed E-state index contributed by atoms with van der Waals surface area (Å²) in [6.07, 6.45) is 9.32. The minimum atomic E-state index is -0.0407. The zero-order valence-corrected chi connectivity index (χ0v) is 10.2. The second-order valence-electron chi connectivity index (χ2n) is 3.68. The first-order valence-electron chi connectivity index (χ1n) is 5.96. The lowest BCUT2D eigenvalue weighted by molar-refractivity contribution is -0.143. The fraction of sp³-hybridized carbons (Fsp3) is 0.917. The van der Waals surface area contributed by atoms with Gasteiger partial charge in [-0.3, -0.25) is 4.79 Å². The Kier molecular flexibility index (Phi) is 15.1. The molecule has 2 N–H and O–H groups in total. The highest BCUT2D eigenvalue weighted by Crippen LogP contribution is 2.08. The van der Waals surface area contributed by atoms with Gasteiger partial charge in [-0.25, -0.2) is 0 Å². The molecule has 0 amide bonds. The highest BCUT2D eigenvalue weighted by Gasteiger charge is 2.00. The number of rotatable bonds is 9. The summed E-state index contributed by atoms with van der Waals surface area (Å²) in [4.78, 5) is 11.0. The van der Waals surface area contributed by atoms with Crippen LogP contribution in [-0.2, 0) is 9.53 Å². The van der Waals surface area contributed by atoms with Crippen LogP contribution in [0, 0.1) is 0 Å². The summed E-state index contributed by atoms with van der Waals surface area (Å²) < 4.78 is 4.85. The third-order valence-electron chi connectivity index (χ3n) is 2.29. The molecule has 0 aliphatic rings. The topological polar surface area (TPSA) is 57.8 Å². The Labute approximate surface area is 93.5 Å². The first kappa shape index (κ1) is 16.8. The number of hydrogen-bond acceptors (Lipinski definition) is 2. The van der Waals surface area contributed by atoms with E-state index in [1.54, 1.807) is 0 Å². The van der Waals surface area contributed by atoms with E-state index in [1.165, 1.54) is 38.5 Å². The van der Waals surface area contributed by atoms with Gasteiger partial charge < -0.3 is 10.2 Å². The van der Waals surface area contributed by atoms with E-state index in [-0.39, 0.29) is 11.4 Å². The Hall–Kier alpha value is -0.570. The van der Waals surface area contributed by atoms with Crippen LogP contribution in [-0.4, -0.2) is 18.1 Å². The molecule has 0 spiro atoms. The molecule has 3 heteroatoms.